The van der Waals surface area contributed by atoms with Gasteiger partial charge < -0.3 is 5.32 Å². The van der Waals surface area contributed by atoms with Gasteiger partial charge in [0.15, 0.2) is 9.84 Å². The predicted molar refractivity (Wildman–Crippen MR) is 73.9 cm³/mol. The van der Waals surface area contributed by atoms with E-state index < -0.39 is 15.4 Å². The highest BCUT2D eigenvalue weighted by Crippen LogP contribution is 2.27. The molecule has 1 aromatic rings. The Balaban J connectivity index is 1.66. The van der Waals surface area contributed by atoms with Gasteiger partial charge in [0.1, 0.15) is 0 Å². The summed E-state index contributed by atoms with van der Waals surface area (Å²) in [6.45, 7) is 1.82. The molecule has 1 amide bonds. The number of sulfone groups is 1. The van der Waals surface area contributed by atoms with E-state index in [4.69, 9.17) is 0 Å². The minimum Gasteiger partial charge on any atom is -0.350 e. The fourth-order valence-electron chi connectivity index (χ4n) is 3.14. The molecule has 6 nitrogen and oxygen atoms in total. The number of amides is 1. The number of fused-ring (bicyclic) bond motifs is 1. The second-order valence-electron chi connectivity index (χ2n) is 6.21. The lowest BCUT2D eigenvalue weighted by molar-refractivity contribution is -0.126. The molecule has 2 aliphatic rings. The maximum Gasteiger partial charge on any atom is 0.223 e. The SMILES string of the molecule is C[C@@]1(NC(=O)C2CCc3cn[nH]c3C2)CCS(=O)(=O)C1. The second kappa shape index (κ2) is 4.58. The summed E-state index contributed by atoms with van der Waals surface area (Å²) in [6, 6.07) is 0. The number of aromatic nitrogens is 2. The lowest BCUT2D eigenvalue weighted by atomic mass is 9.86. The number of carbonyl (C=O) groups excluding carboxylic acids is 1. The van der Waals surface area contributed by atoms with Gasteiger partial charge in [-0.05, 0) is 31.7 Å². The summed E-state index contributed by atoms with van der Waals surface area (Å²) in [5, 5.41) is 9.88. The molecule has 110 valence electrons. The molecule has 20 heavy (non-hydrogen) atoms. The van der Waals surface area contributed by atoms with Crippen LogP contribution in [0.15, 0.2) is 6.20 Å². The van der Waals surface area contributed by atoms with E-state index in [1.54, 1.807) is 0 Å². The largest absolute Gasteiger partial charge is 0.350 e. The van der Waals surface area contributed by atoms with E-state index in [9.17, 15) is 13.2 Å². The first kappa shape index (κ1) is 13.6. The van der Waals surface area contributed by atoms with Crippen LogP contribution in [0.1, 0.15) is 31.0 Å². The summed E-state index contributed by atoms with van der Waals surface area (Å²) in [5.41, 5.74) is 1.61. The van der Waals surface area contributed by atoms with Gasteiger partial charge in [0, 0.05) is 18.0 Å². The number of hydrogen-bond donors (Lipinski definition) is 2. The van der Waals surface area contributed by atoms with Crippen LogP contribution in [-0.2, 0) is 27.5 Å². The molecule has 1 saturated heterocycles. The first-order chi connectivity index (χ1) is 9.37. The standard InChI is InChI=1S/C13H19N3O3S/c1-13(4-5-20(18,19)8-13)15-12(17)9-2-3-10-7-14-16-11(10)6-9/h7,9H,2-6,8H2,1H3,(H,14,16)(H,15,17)/t9?,13-/m1/s1. The first-order valence-corrected chi connectivity index (χ1v) is 8.73. The average Bonchev–Trinajstić information content (AvgIpc) is 2.92. The van der Waals surface area contributed by atoms with Crippen LogP contribution in [0.25, 0.3) is 0 Å². The first-order valence-electron chi connectivity index (χ1n) is 6.90. The van der Waals surface area contributed by atoms with Crippen molar-refractivity contribution in [1.82, 2.24) is 15.5 Å². The number of rotatable bonds is 2. The van der Waals surface area contributed by atoms with Crippen molar-refractivity contribution in [3.05, 3.63) is 17.5 Å². The van der Waals surface area contributed by atoms with Crippen molar-refractivity contribution >= 4 is 15.7 Å². The molecule has 1 aromatic heterocycles. The van der Waals surface area contributed by atoms with Crippen LogP contribution in [0.4, 0.5) is 0 Å². The van der Waals surface area contributed by atoms with Gasteiger partial charge in [0.25, 0.3) is 0 Å². The highest BCUT2D eigenvalue weighted by atomic mass is 32.2. The fraction of sp³-hybridized carbons (Fsp3) is 0.692. The molecular weight excluding hydrogens is 278 g/mol. The molecule has 2 N–H and O–H groups in total. The zero-order chi connectivity index (χ0) is 14.4. The number of aromatic amines is 1. The second-order valence-corrected chi connectivity index (χ2v) is 8.39. The van der Waals surface area contributed by atoms with Crippen molar-refractivity contribution in [3.8, 4) is 0 Å². The van der Waals surface area contributed by atoms with Crippen LogP contribution in [-0.4, -0.2) is 41.6 Å². The molecule has 2 atom stereocenters. The smallest absolute Gasteiger partial charge is 0.223 e. The molecule has 0 spiro atoms. The Labute approximate surface area is 118 Å². The van der Waals surface area contributed by atoms with E-state index in [2.05, 4.69) is 15.5 Å². The van der Waals surface area contributed by atoms with Gasteiger partial charge in [-0.2, -0.15) is 5.10 Å². The maximum atomic E-state index is 12.4. The molecule has 7 heteroatoms. The Morgan fingerprint density at radius 2 is 2.35 bits per heavy atom. The van der Waals surface area contributed by atoms with E-state index in [-0.39, 0.29) is 23.3 Å². The topological polar surface area (TPSA) is 91.9 Å². The van der Waals surface area contributed by atoms with Crippen molar-refractivity contribution in [2.45, 2.75) is 38.1 Å². The normalized spacial score (nSPS) is 31.8. The number of nitrogens with one attached hydrogen (secondary N) is 2. The lowest BCUT2D eigenvalue weighted by Crippen LogP contribution is -2.49. The maximum absolute atomic E-state index is 12.4. The number of carbonyl (C=O) groups is 1. The van der Waals surface area contributed by atoms with Crippen molar-refractivity contribution in [2.75, 3.05) is 11.5 Å². The highest BCUT2D eigenvalue weighted by Gasteiger charge is 2.40. The molecule has 3 rings (SSSR count). The summed E-state index contributed by atoms with van der Waals surface area (Å²) >= 11 is 0. The van der Waals surface area contributed by atoms with Crippen LogP contribution < -0.4 is 5.32 Å². The van der Waals surface area contributed by atoms with Gasteiger partial charge in [-0.25, -0.2) is 8.42 Å². The van der Waals surface area contributed by atoms with E-state index in [1.807, 2.05) is 13.1 Å². The van der Waals surface area contributed by atoms with E-state index in [1.165, 1.54) is 5.56 Å². The van der Waals surface area contributed by atoms with Gasteiger partial charge in [0.05, 0.1) is 23.2 Å². The molecular formula is C13H19N3O3S. The summed E-state index contributed by atoms with van der Waals surface area (Å²) in [7, 11) is -3.00. The molecule has 0 bridgehead atoms. The van der Waals surface area contributed by atoms with Crippen LogP contribution in [0.5, 0.6) is 0 Å². The Hall–Kier alpha value is -1.37. The lowest BCUT2D eigenvalue weighted by Gasteiger charge is -2.28. The summed E-state index contributed by atoms with van der Waals surface area (Å²) < 4.78 is 23.1. The van der Waals surface area contributed by atoms with Crippen molar-refractivity contribution in [1.29, 1.82) is 0 Å². The van der Waals surface area contributed by atoms with Crippen molar-refractivity contribution in [3.63, 3.8) is 0 Å². The summed E-state index contributed by atoms with van der Waals surface area (Å²) in [4.78, 5) is 12.4. The molecule has 0 saturated carbocycles. The summed E-state index contributed by atoms with van der Waals surface area (Å²) in [5.74, 6) is 0.0836. The minimum absolute atomic E-state index is 0.0372. The molecule has 2 heterocycles. The molecule has 1 aliphatic carbocycles. The van der Waals surface area contributed by atoms with Crippen LogP contribution in [0, 0.1) is 5.92 Å². The van der Waals surface area contributed by atoms with Crippen LogP contribution >= 0.6 is 0 Å². The number of aryl methyl sites for hydroxylation is 1. The third-order valence-electron chi connectivity index (χ3n) is 4.32. The monoisotopic (exact) mass is 297 g/mol. The average molecular weight is 297 g/mol. The zero-order valence-corrected chi connectivity index (χ0v) is 12.3. The third-order valence-corrected chi connectivity index (χ3v) is 6.22. The van der Waals surface area contributed by atoms with Crippen LogP contribution in [0.3, 0.4) is 0 Å². The van der Waals surface area contributed by atoms with Crippen molar-refractivity contribution < 1.29 is 13.2 Å². The Morgan fingerprint density at radius 1 is 1.55 bits per heavy atom. The fourth-order valence-corrected chi connectivity index (χ4v) is 5.23. The molecule has 0 radical (unpaired) electrons. The zero-order valence-electron chi connectivity index (χ0n) is 11.5. The third kappa shape index (κ3) is 2.59. The van der Waals surface area contributed by atoms with E-state index in [0.29, 0.717) is 12.8 Å². The Morgan fingerprint density at radius 3 is 3.05 bits per heavy atom. The van der Waals surface area contributed by atoms with Crippen LogP contribution in [0.2, 0.25) is 0 Å². The van der Waals surface area contributed by atoms with Gasteiger partial charge >= 0.3 is 0 Å². The summed E-state index contributed by atoms with van der Waals surface area (Å²) in [6.07, 6.45) is 4.61. The molecule has 1 aliphatic heterocycles. The van der Waals surface area contributed by atoms with Gasteiger partial charge in [-0.3, -0.25) is 9.89 Å². The van der Waals surface area contributed by atoms with E-state index >= 15 is 0 Å². The predicted octanol–water partition coefficient (Wildman–Crippen LogP) is 0.208. The number of nitrogens with zero attached hydrogens (tertiary/aromatic N) is 1. The number of hydrogen-bond acceptors (Lipinski definition) is 4. The molecule has 1 fully saturated rings. The van der Waals surface area contributed by atoms with Gasteiger partial charge in [-0.15, -0.1) is 0 Å². The number of H-pyrrole nitrogens is 1. The van der Waals surface area contributed by atoms with E-state index in [0.717, 1.165) is 18.5 Å². The van der Waals surface area contributed by atoms with Crippen molar-refractivity contribution in [2.24, 2.45) is 5.92 Å². The minimum atomic E-state index is -3.00. The molecule has 0 aromatic carbocycles. The highest BCUT2D eigenvalue weighted by molar-refractivity contribution is 7.91. The molecule has 1 unspecified atom stereocenters. The quantitative estimate of drug-likeness (QED) is 0.816. The Bertz CT molecular complexity index is 637. The Kier molecular flexibility index (Phi) is 3.12. The van der Waals surface area contributed by atoms with Gasteiger partial charge in [0.2, 0.25) is 5.91 Å². The van der Waals surface area contributed by atoms with Gasteiger partial charge in [-0.1, -0.05) is 0 Å².